The molecule has 1 fully saturated rings. The van der Waals surface area contributed by atoms with Gasteiger partial charge in [0, 0.05) is 11.9 Å². The van der Waals surface area contributed by atoms with Crippen LogP contribution in [0.25, 0.3) is 0 Å². The van der Waals surface area contributed by atoms with Crippen LogP contribution in [0.2, 0.25) is 5.02 Å². The van der Waals surface area contributed by atoms with Crippen LogP contribution in [0.15, 0.2) is 18.2 Å². The van der Waals surface area contributed by atoms with Crippen LogP contribution in [0.4, 0.5) is 5.69 Å². The second-order valence-corrected chi connectivity index (χ2v) is 6.16. The number of hydrogen-bond donors (Lipinski definition) is 2. The highest BCUT2D eigenvalue weighted by atomic mass is 35.5. The molecular formula is C16H23ClN3O3+. The van der Waals surface area contributed by atoms with Crippen molar-refractivity contribution in [2.24, 2.45) is 0 Å². The number of ether oxygens (including phenoxy) is 1. The molecule has 23 heavy (non-hydrogen) atoms. The van der Waals surface area contributed by atoms with Gasteiger partial charge in [-0.1, -0.05) is 11.6 Å². The number of anilines is 1. The molecule has 1 aromatic rings. The van der Waals surface area contributed by atoms with Crippen LogP contribution in [-0.4, -0.2) is 56.0 Å². The lowest BCUT2D eigenvalue weighted by atomic mass is 10.2. The number of rotatable bonds is 4. The fraction of sp³-hybridized carbons (Fsp3) is 0.500. The zero-order chi connectivity index (χ0) is 17.0. The van der Waals surface area contributed by atoms with E-state index >= 15 is 0 Å². The molecule has 0 bridgehead atoms. The van der Waals surface area contributed by atoms with Crippen LogP contribution in [0.5, 0.6) is 5.75 Å². The monoisotopic (exact) mass is 340 g/mol. The predicted octanol–water partition coefficient (Wildman–Crippen LogP) is 0.423. The number of halogens is 1. The van der Waals surface area contributed by atoms with Crippen molar-refractivity contribution in [3.8, 4) is 5.75 Å². The van der Waals surface area contributed by atoms with E-state index < -0.39 is 0 Å². The van der Waals surface area contributed by atoms with Crippen molar-refractivity contribution in [3.63, 3.8) is 0 Å². The van der Waals surface area contributed by atoms with Crippen molar-refractivity contribution in [1.29, 1.82) is 0 Å². The third kappa shape index (κ3) is 4.36. The van der Waals surface area contributed by atoms with Gasteiger partial charge < -0.3 is 19.9 Å². The first-order valence-electron chi connectivity index (χ1n) is 7.67. The Morgan fingerprint density at radius 1 is 1.35 bits per heavy atom. The van der Waals surface area contributed by atoms with Crippen LogP contribution >= 0.6 is 11.6 Å². The fourth-order valence-corrected chi connectivity index (χ4v) is 2.92. The molecular weight excluding hydrogens is 318 g/mol. The SMILES string of the molecule is COc1ccc(Cl)cc1NC(=O)[C@@H](C)[NH+]1CCN(C(C)=O)CC1. The Morgan fingerprint density at radius 3 is 2.57 bits per heavy atom. The number of nitrogens with zero attached hydrogens (tertiary/aromatic N) is 1. The molecule has 0 aliphatic carbocycles. The molecule has 1 aliphatic heterocycles. The van der Waals surface area contributed by atoms with E-state index in [0.29, 0.717) is 29.5 Å². The molecule has 7 heteroatoms. The molecule has 0 spiro atoms. The van der Waals surface area contributed by atoms with E-state index in [1.807, 2.05) is 11.8 Å². The van der Waals surface area contributed by atoms with E-state index in [9.17, 15) is 9.59 Å². The van der Waals surface area contributed by atoms with Gasteiger partial charge in [0.25, 0.3) is 5.91 Å². The average Bonchev–Trinajstić information content (AvgIpc) is 2.54. The number of carbonyl (C=O) groups is 2. The van der Waals surface area contributed by atoms with E-state index in [0.717, 1.165) is 13.1 Å². The summed E-state index contributed by atoms with van der Waals surface area (Å²) < 4.78 is 5.24. The molecule has 0 aromatic heterocycles. The van der Waals surface area contributed by atoms with Gasteiger partial charge >= 0.3 is 0 Å². The van der Waals surface area contributed by atoms with Crippen LogP contribution in [0.3, 0.4) is 0 Å². The van der Waals surface area contributed by atoms with Gasteiger partial charge in [0.05, 0.1) is 39.0 Å². The lowest BCUT2D eigenvalue weighted by Crippen LogP contribution is -3.19. The molecule has 2 rings (SSSR count). The number of carbonyl (C=O) groups excluding carboxylic acids is 2. The second-order valence-electron chi connectivity index (χ2n) is 5.72. The van der Waals surface area contributed by atoms with Crippen molar-refractivity contribution in [3.05, 3.63) is 23.2 Å². The van der Waals surface area contributed by atoms with Crippen LogP contribution < -0.4 is 15.0 Å². The topological polar surface area (TPSA) is 63.1 Å². The molecule has 0 unspecified atom stereocenters. The number of methoxy groups -OCH3 is 1. The molecule has 126 valence electrons. The Bertz CT molecular complexity index is 586. The molecule has 1 saturated heterocycles. The summed E-state index contributed by atoms with van der Waals surface area (Å²) >= 11 is 5.98. The summed E-state index contributed by atoms with van der Waals surface area (Å²) in [7, 11) is 1.55. The number of benzene rings is 1. The van der Waals surface area contributed by atoms with Crippen LogP contribution in [0, 0.1) is 0 Å². The number of hydrogen-bond acceptors (Lipinski definition) is 3. The zero-order valence-electron chi connectivity index (χ0n) is 13.7. The molecule has 1 heterocycles. The van der Waals surface area contributed by atoms with Gasteiger partial charge in [-0.2, -0.15) is 0 Å². The fourth-order valence-electron chi connectivity index (χ4n) is 2.75. The molecule has 6 nitrogen and oxygen atoms in total. The highest BCUT2D eigenvalue weighted by Gasteiger charge is 2.30. The summed E-state index contributed by atoms with van der Waals surface area (Å²) in [5.41, 5.74) is 0.568. The lowest BCUT2D eigenvalue weighted by Gasteiger charge is -2.34. The maximum Gasteiger partial charge on any atom is 0.282 e. The number of nitrogens with one attached hydrogen (secondary N) is 2. The van der Waals surface area contributed by atoms with Gasteiger partial charge in [0.2, 0.25) is 5.91 Å². The number of piperazine rings is 1. The van der Waals surface area contributed by atoms with Gasteiger partial charge in [-0.25, -0.2) is 0 Å². The van der Waals surface area contributed by atoms with Gasteiger partial charge in [-0.3, -0.25) is 9.59 Å². The third-order valence-corrected chi connectivity index (χ3v) is 4.51. The van der Waals surface area contributed by atoms with E-state index in [-0.39, 0.29) is 17.9 Å². The van der Waals surface area contributed by atoms with E-state index in [1.54, 1.807) is 32.2 Å². The molecule has 1 aromatic carbocycles. The van der Waals surface area contributed by atoms with Crippen molar-refractivity contribution < 1.29 is 19.2 Å². The molecule has 1 atom stereocenters. The van der Waals surface area contributed by atoms with Crippen molar-refractivity contribution in [1.82, 2.24) is 4.90 Å². The largest absolute Gasteiger partial charge is 0.495 e. The maximum absolute atomic E-state index is 12.5. The summed E-state index contributed by atoms with van der Waals surface area (Å²) in [6, 6.07) is 4.90. The highest BCUT2D eigenvalue weighted by molar-refractivity contribution is 6.31. The Morgan fingerprint density at radius 2 is 2.00 bits per heavy atom. The van der Waals surface area contributed by atoms with E-state index in [2.05, 4.69) is 5.32 Å². The van der Waals surface area contributed by atoms with Gasteiger partial charge in [0.15, 0.2) is 6.04 Å². The minimum absolute atomic E-state index is 0.0863. The summed E-state index contributed by atoms with van der Waals surface area (Å²) in [5.74, 6) is 0.577. The molecule has 0 saturated carbocycles. The first kappa shape index (κ1) is 17.6. The standard InChI is InChI=1S/C16H22ClN3O3/c1-11(19-6-8-20(9-7-19)12(2)21)16(22)18-14-10-13(17)4-5-15(14)23-3/h4-5,10-11H,6-9H2,1-3H3,(H,18,22)/p+1/t11-/m1/s1. The highest BCUT2D eigenvalue weighted by Crippen LogP contribution is 2.27. The Balaban J connectivity index is 1.98. The Kier molecular flexibility index (Phi) is 5.85. The van der Waals surface area contributed by atoms with E-state index in [1.165, 1.54) is 4.90 Å². The summed E-state index contributed by atoms with van der Waals surface area (Å²) in [5, 5.41) is 3.42. The van der Waals surface area contributed by atoms with Gasteiger partial charge in [-0.05, 0) is 25.1 Å². The van der Waals surface area contributed by atoms with Crippen molar-refractivity contribution in [2.45, 2.75) is 19.9 Å². The Labute approximate surface area is 141 Å². The zero-order valence-corrected chi connectivity index (χ0v) is 14.4. The number of quaternary nitrogens is 1. The molecule has 2 amide bonds. The normalized spacial score (nSPS) is 16.8. The minimum Gasteiger partial charge on any atom is -0.495 e. The van der Waals surface area contributed by atoms with Gasteiger partial charge in [-0.15, -0.1) is 0 Å². The summed E-state index contributed by atoms with van der Waals surface area (Å²) in [6.45, 7) is 6.37. The third-order valence-electron chi connectivity index (χ3n) is 4.28. The smallest absolute Gasteiger partial charge is 0.282 e. The van der Waals surface area contributed by atoms with E-state index in [4.69, 9.17) is 16.3 Å². The summed E-state index contributed by atoms with van der Waals surface area (Å²) in [6.07, 6.45) is 0. The quantitative estimate of drug-likeness (QED) is 0.835. The van der Waals surface area contributed by atoms with Crippen LogP contribution in [-0.2, 0) is 9.59 Å². The Hall–Kier alpha value is -1.79. The maximum atomic E-state index is 12.5. The second kappa shape index (κ2) is 7.66. The first-order chi connectivity index (χ1) is 10.9. The number of amides is 2. The predicted molar refractivity (Wildman–Crippen MR) is 89.0 cm³/mol. The van der Waals surface area contributed by atoms with Crippen molar-refractivity contribution in [2.75, 3.05) is 38.6 Å². The first-order valence-corrected chi connectivity index (χ1v) is 8.04. The molecule has 2 N–H and O–H groups in total. The average molecular weight is 341 g/mol. The molecule has 0 radical (unpaired) electrons. The van der Waals surface area contributed by atoms with Crippen LogP contribution in [0.1, 0.15) is 13.8 Å². The summed E-state index contributed by atoms with van der Waals surface area (Å²) in [4.78, 5) is 26.8. The van der Waals surface area contributed by atoms with Gasteiger partial charge in [0.1, 0.15) is 5.75 Å². The lowest BCUT2D eigenvalue weighted by molar-refractivity contribution is -0.917. The minimum atomic E-state index is -0.215. The van der Waals surface area contributed by atoms with Crippen molar-refractivity contribution >= 4 is 29.1 Å². The molecule has 1 aliphatic rings.